The van der Waals surface area contributed by atoms with E-state index >= 15 is 0 Å². The van der Waals surface area contributed by atoms with Crippen LogP contribution in [0.3, 0.4) is 0 Å². The van der Waals surface area contributed by atoms with Crippen LogP contribution in [0.5, 0.6) is 0 Å². The van der Waals surface area contributed by atoms with Crippen LogP contribution >= 0.6 is 23.8 Å². The van der Waals surface area contributed by atoms with Gasteiger partial charge in [0.05, 0.1) is 0 Å². The monoisotopic (exact) mass is 391 g/mol. The van der Waals surface area contributed by atoms with Gasteiger partial charge in [-0.25, -0.2) is 0 Å². The summed E-state index contributed by atoms with van der Waals surface area (Å²) in [4.78, 5) is 22.0. The van der Waals surface area contributed by atoms with Crippen molar-refractivity contribution in [1.82, 2.24) is 9.97 Å². The molecule has 4 N–H and O–H groups in total. The second-order valence-electron chi connectivity index (χ2n) is 6.74. The normalized spacial score (nSPS) is 15.1. The average molecular weight is 392 g/mol. The molecule has 0 amide bonds. The number of piperidine rings is 1. The van der Waals surface area contributed by atoms with Crippen molar-refractivity contribution in [1.29, 1.82) is 0 Å². The third-order valence-corrected chi connectivity index (χ3v) is 5.39. The van der Waals surface area contributed by atoms with Gasteiger partial charge in [-0.05, 0) is 43.4 Å². The summed E-state index contributed by atoms with van der Waals surface area (Å²) in [5.74, 6) is 1.31. The van der Waals surface area contributed by atoms with E-state index in [9.17, 15) is 4.79 Å². The lowest BCUT2D eigenvalue weighted by molar-refractivity contribution is 0.434. The standard InChI is InChI=1S/C18H22ClN5OS/c1-10-5-7-24(8-6-10)18-22-15(20)14(16(25)23-18)17(26)21-12-4-3-11(2)13(19)9-12/h3-4,9-10H,5-8H2,1-2H3,(H,21,26)(H3,20,22,23,25). The second-order valence-corrected chi connectivity index (χ2v) is 7.55. The molecule has 1 aromatic heterocycles. The molecule has 2 aromatic rings. The van der Waals surface area contributed by atoms with E-state index in [4.69, 9.17) is 29.6 Å². The summed E-state index contributed by atoms with van der Waals surface area (Å²) in [6.07, 6.45) is 2.14. The molecule has 0 radical (unpaired) electrons. The number of aryl methyl sites for hydroxylation is 1. The fourth-order valence-corrected chi connectivity index (χ4v) is 3.43. The number of halogens is 1. The first-order valence-corrected chi connectivity index (χ1v) is 9.36. The minimum absolute atomic E-state index is 0.123. The Morgan fingerprint density at radius 3 is 2.73 bits per heavy atom. The van der Waals surface area contributed by atoms with E-state index < -0.39 is 0 Å². The molecule has 0 atom stereocenters. The molecule has 0 unspecified atom stereocenters. The lowest BCUT2D eigenvalue weighted by Crippen LogP contribution is -2.36. The molecule has 1 saturated heterocycles. The van der Waals surface area contributed by atoms with E-state index in [-0.39, 0.29) is 21.9 Å². The van der Waals surface area contributed by atoms with E-state index in [1.807, 2.05) is 19.1 Å². The van der Waals surface area contributed by atoms with Crippen LogP contribution in [0.1, 0.15) is 30.9 Å². The molecule has 3 rings (SSSR count). The SMILES string of the molecule is Cc1ccc(NC(=S)c2c(N)nc(N3CCC(C)CC3)[nH]c2=O)cc1Cl. The number of thiocarbonyl (C=S) groups is 1. The van der Waals surface area contributed by atoms with Crippen LogP contribution in [-0.4, -0.2) is 28.0 Å². The summed E-state index contributed by atoms with van der Waals surface area (Å²) in [5.41, 5.74) is 7.53. The van der Waals surface area contributed by atoms with E-state index in [0.717, 1.165) is 31.5 Å². The molecule has 1 fully saturated rings. The number of nitrogens with zero attached hydrogens (tertiary/aromatic N) is 2. The van der Waals surface area contributed by atoms with Gasteiger partial charge in [0, 0.05) is 23.8 Å². The number of nitrogen functional groups attached to an aromatic ring is 1. The molecular formula is C18H22ClN5OS. The number of aromatic nitrogens is 2. The molecule has 1 aromatic carbocycles. The molecule has 0 aliphatic carbocycles. The Hall–Kier alpha value is -2.12. The Morgan fingerprint density at radius 1 is 1.42 bits per heavy atom. The molecule has 26 heavy (non-hydrogen) atoms. The number of benzene rings is 1. The molecule has 2 heterocycles. The van der Waals surface area contributed by atoms with E-state index in [1.165, 1.54) is 0 Å². The number of H-pyrrole nitrogens is 1. The van der Waals surface area contributed by atoms with Gasteiger partial charge in [-0.1, -0.05) is 36.8 Å². The zero-order valence-electron chi connectivity index (χ0n) is 14.8. The number of rotatable bonds is 3. The first kappa shape index (κ1) is 18.7. The van der Waals surface area contributed by atoms with Crippen LogP contribution in [0.25, 0.3) is 0 Å². The van der Waals surface area contributed by atoms with Crippen molar-refractivity contribution in [3.05, 3.63) is 44.7 Å². The molecular weight excluding hydrogens is 370 g/mol. The number of aromatic amines is 1. The molecule has 8 heteroatoms. The lowest BCUT2D eigenvalue weighted by atomic mass is 10.00. The highest BCUT2D eigenvalue weighted by molar-refractivity contribution is 7.81. The largest absolute Gasteiger partial charge is 0.383 e. The zero-order chi connectivity index (χ0) is 18.8. The van der Waals surface area contributed by atoms with Gasteiger partial charge in [0.25, 0.3) is 5.56 Å². The van der Waals surface area contributed by atoms with Gasteiger partial charge < -0.3 is 16.0 Å². The number of hydrogen-bond acceptors (Lipinski definition) is 5. The summed E-state index contributed by atoms with van der Waals surface area (Å²) in [6.45, 7) is 5.85. The predicted octanol–water partition coefficient (Wildman–Crippen LogP) is 3.34. The maximum absolute atomic E-state index is 12.6. The van der Waals surface area contributed by atoms with Crippen molar-refractivity contribution in [3.8, 4) is 0 Å². The number of anilines is 3. The van der Waals surface area contributed by atoms with E-state index in [1.54, 1.807) is 6.07 Å². The molecule has 6 nitrogen and oxygen atoms in total. The van der Waals surface area contributed by atoms with Crippen molar-refractivity contribution in [2.24, 2.45) is 5.92 Å². The van der Waals surface area contributed by atoms with Crippen molar-refractivity contribution in [2.75, 3.05) is 29.0 Å². The summed E-state index contributed by atoms with van der Waals surface area (Å²) >= 11 is 11.5. The smallest absolute Gasteiger partial charge is 0.264 e. The van der Waals surface area contributed by atoms with Gasteiger partial charge in [0.2, 0.25) is 5.95 Å². The Balaban J connectivity index is 1.82. The number of nitrogens with two attached hydrogens (primary N) is 1. The minimum atomic E-state index is -0.346. The van der Waals surface area contributed by atoms with E-state index in [0.29, 0.717) is 22.6 Å². The maximum Gasteiger partial charge on any atom is 0.264 e. The third-order valence-electron chi connectivity index (χ3n) is 4.67. The van der Waals surface area contributed by atoms with Crippen molar-refractivity contribution < 1.29 is 0 Å². The van der Waals surface area contributed by atoms with Crippen molar-refractivity contribution in [2.45, 2.75) is 26.7 Å². The summed E-state index contributed by atoms with van der Waals surface area (Å²) in [7, 11) is 0. The number of nitrogens with one attached hydrogen (secondary N) is 2. The van der Waals surface area contributed by atoms with E-state index in [2.05, 4.69) is 27.1 Å². The Kier molecular flexibility index (Phi) is 5.48. The average Bonchev–Trinajstić information content (AvgIpc) is 2.58. The summed E-state index contributed by atoms with van der Waals surface area (Å²) in [5, 5.41) is 3.62. The number of hydrogen-bond donors (Lipinski definition) is 3. The van der Waals surface area contributed by atoms with Gasteiger partial charge in [-0.2, -0.15) is 4.98 Å². The Bertz CT molecular complexity index is 890. The quantitative estimate of drug-likeness (QED) is 0.695. The summed E-state index contributed by atoms with van der Waals surface area (Å²) in [6, 6.07) is 5.47. The first-order chi connectivity index (χ1) is 12.3. The van der Waals surface area contributed by atoms with Crippen LogP contribution in [-0.2, 0) is 0 Å². The summed E-state index contributed by atoms with van der Waals surface area (Å²) < 4.78 is 0. The van der Waals surface area contributed by atoms with Crippen molar-refractivity contribution in [3.63, 3.8) is 0 Å². The highest BCUT2D eigenvalue weighted by Gasteiger charge is 2.21. The van der Waals surface area contributed by atoms with Crippen LogP contribution in [0.4, 0.5) is 17.5 Å². The molecule has 0 bridgehead atoms. The van der Waals surface area contributed by atoms with Gasteiger partial charge in [-0.15, -0.1) is 0 Å². The van der Waals surface area contributed by atoms with Crippen LogP contribution in [0.15, 0.2) is 23.0 Å². The van der Waals surface area contributed by atoms with Gasteiger partial charge in [-0.3, -0.25) is 9.78 Å². The molecule has 1 aliphatic heterocycles. The Morgan fingerprint density at radius 2 is 2.12 bits per heavy atom. The first-order valence-electron chi connectivity index (χ1n) is 8.57. The molecule has 0 saturated carbocycles. The molecule has 138 valence electrons. The van der Waals surface area contributed by atoms with Crippen LogP contribution in [0.2, 0.25) is 5.02 Å². The molecule has 1 aliphatic rings. The van der Waals surface area contributed by atoms with Gasteiger partial charge in [0.1, 0.15) is 16.4 Å². The lowest BCUT2D eigenvalue weighted by Gasteiger charge is -2.30. The second kappa shape index (κ2) is 7.63. The topological polar surface area (TPSA) is 87.0 Å². The third kappa shape index (κ3) is 3.99. The Labute approximate surface area is 162 Å². The fraction of sp³-hybridized carbons (Fsp3) is 0.389. The van der Waals surface area contributed by atoms with Gasteiger partial charge in [0.15, 0.2) is 0 Å². The van der Waals surface area contributed by atoms with Crippen molar-refractivity contribution >= 4 is 46.3 Å². The molecule has 0 spiro atoms. The maximum atomic E-state index is 12.6. The predicted molar refractivity (Wildman–Crippen MR) is 111 cm³/mol. The minimum Gasteiger partial charge on any atom is -0.383 e. The van der Waals surface area contributed by atoms with Gasteiger partial charge >= 0.3 is 0 Å². The fourth-order valence-electron chi connectivity index (χ4n) is 2.93. The highest BCUT2D eigenvalue weighted by Crippen LogP contribution is 2.22. The van der Waals surface area contributed by atoms with Crippen LogP contribution < -0.4 is 21.5 Å². The zero-order valence-corrected chi connectivity index (χ0v) is 16.4. The van der Waals surface area contributed by atoms with Crippen LogP contribution in [0, 0.1) is 12.8 Å². The highest BCUT2D eigenvalue weighted by atomic mass is 35.5.